The van der Waals surface area contributed by atoms with Gasteiger partial charge in [0, 0.05) is 23.8 Å². The molecule has 7 nitrogen and oxygen atoms in total. The monoisotopic (exact) mass is 433 g/mol. The van der Waals surface area contributed by atoms with Crippen LogP contribution in [0.4, 0.5) is 5.69 Å². The van der Waals surface area contributed by atoms with E-state index in [1.54, 1.807) is 23.9 Å². The van der Waals surface area contributed by atoms with Crippen molar-refractivity contribution in [1.82, 2.24) is 14.9 Å². The van der Waals surface area contributed by atoms with E-state index < -0.39 is 0 Å². The maximum Gasteiger partial charge on any atom is 0.269 e. The molecule has 0 spiro atoms. The standard InChI is InChI=1S/C23H23N5O2S/c1-2-20(18-8-7-15-5-3-4-6-17(15)13-18)22-24-25-23-27(22)26-21(14-31-23)16-9-11-19(12-10-16)28(29)30/h7-13,20H,2-6,14H2,1H3. The van der Waals surface area contributed by atoms with Crippen molar-refractivity contribution in [3.05, 3.63) is 80.7 Å². The van der Waals surface area contributed by atoms with Crippen LogP contribution < -0.4 is 0 Å². The molecule has 8 heteroatoms. The van der Waals surface area contributed by atoms with Gasteiger partial charge in [0.1, 0.15) is 0 Å². The Labute approximate surface area is 184 Å². The normalized spacial score (nSPS) is 16.2. The Balaban J connectivity index is 1.50. The van der Waals surface area contributed by atoms with Crippen LogP contribution in [-0.2, 0) is 12.8 Å². The number of thioether (sulfide) groups is 1. The zero-order chi connectivity index (χ0) is 21.4. The first-order valence-electron chi connectivity index (χ1n) is 10.7. The van der Waals surface area contributed by atoms with E-state index in [1.165, 1.54) is 48.1 Å². The van der Waals surface area contributed by atoms with Crippen LogP contribution in [0.1, 0.15) is 60.2 Å². The number of rotatable bonds is 5. The minimum absolute atomic E-state index is 0.0805. The highest BCUT2D eigenvalue weighted by Gasteiger charge is 2.26. The van der Waals surface area contributed by atoms with Gasteiger partial charge < -0.3 is 0 Å². The first-order chi connectivity index (χ1) is 15.1. The summed E-state index contributed by atoms with van der Waals surface area (Å²) in [7, 11) is 0. The maximum atomic E-state index is 10.9. The van der Waals surface area contributed by atoms with E-state index in [-0.39, 0.29) is 16.5 Å². The van der Waals surface area contributed by atoms with Crippen LogP contribution in [0.5, 0.6) is 0 Å². The first kappa shape index (κ1) is 19.9. The van der Waals surface area contributed by atoms with Crippen molar-refractivity contribution in [3.63, 3.8) is 0 Å². The van der Waals surface area contributed by atoms with Gasteiger partial charge in [-0.3, -0.25) is 10.1 Å². The van der Waals surface area contributed by atoms with E-state index in [2.05, 4.69) is 35.3 Å². The lowest BCUT2D eigenvalue weighted by Gasteiger charge is -2.21. The number of hydrogen-bond acceptors (Lipinski definition) is 6. The molecule has 0 bridgehead atoms. The SMILES string of the molecule is CCC(c1ccc2c(c1)CCCC2)c1nnc2n1N=C(c1ccc([N+](=O)[O-])cc1)CS2. The quantitative estimate of drug-likeness (QED) is 0.419. The molecule has 1 aromatic heterocycles. The van der Waals surface area contributed by atoms with Gasteiger partial charge in [0.2, 0.25) is 5.16 Å². The van der Waals surface area contributed by atoms with Gasteiger partial charge in [-0.1, -0.05) is 36.9 Å². The number of aryl methyl sites for hydroxylation is 2. The number of nitro groups is 1. The predicted octanol–water partition coefficient (Wildman–Crippen LogP) is 4.97. The molecule has 2 aliphatic rings. The molecular formula is C23H23N5O2S. The van der Waals surface area contributed by atoms with Crippen molar-refractivity contribution >= 4 is 23.2 Å². The second-order valence-electron chi connectivity index (χ2n) is 7.99. The molecule has 0 amide bonds. The topological polar surface area (TPSA) is 86.2 Å². The van der Waals surface area contributed by atoms with Crippen molar-refractivity contribution in [2.24, 2.45) is 5.10 Å². The Morgan fingerprint density at radius 3 is 2.61 bits per heavy atom. The molecule has 0 N–H and O–H groups in total. The Morgan fingerprint density at radius 2 is 1.87 bits per heavy atom. The van der Waals surface area contributed by atoms with Crippen molar-refractivity contribution in [2.45, 2.75) is 50.1 Å². The molecule has 31 heavy (non-hydrogen) atoms. The van der Waals surface area contributed by atoms with E-state index >= 15 is 0 Å². The molecule has 5 rings (SSSR count). The molecule has 1 atom stereocenters. The van der Waals surface area contributed by atoms with Crippen molar-refractivity contribution in [2.75, 3.05) is 5.75 Å². The van der Waals surface area contributed by atoms with Crippen LogP contribution in [0.3, 0.4) is 0 Å². The zero-order valence-corrected chi connectivity index (χ0v) is 18.1. The van der Waals surface area contributed by atoms with E-state index in [9.17, 15) is 10.1 Å². The summed E-state index contributed by atoms with van der Waals surface area (Å²) in [6.45, 7) is 2.17. The lowest BCUT2D eigenvalue weighted by atomic mass is 9.86. The average Bonchev–Trinajstić information content (AvgIpc) is 3.22. The number of nitro benzene ring substituents is 1. The predicted molar refractivity (Wildman–Crippen MR) is 121 cm³/mol. The van der Waals surface area contributed by atoms with E-state index in [0.717, 1.165) is 35.1 Å². The molecular weight excluding hydrogens is 410 g/mol. The zero-order valence-electron chi connectivity index (χ0n) is 17.3. The third-order valence-corrected chi connectivity index (χ3v) is 7.03. The fourth-order valence-corrected chi connectivity index (χ4v) is 5.26. The largest absolute Gasteiger partial charge is 0.269 e. The Kier molecular flexibility index (Phi) is 5.31. The molecule has 1 aliphatic heterocycles. The summed E-state index contributed by atoms with van der Waals surface area (Å²) in [5, 5.41) is 25.5. The number of hydrogen-bond donors (Lipinski definition) is 0. The third-order valence-electron chi connectivity index (χ3n) is 6.10. The van der Waals surface area contributed by atoms with Crippen LogP contribution >= 0.6 is 11.8 Å². The molecule has 3 aromatic rings. The Hall–Kier alpha value is -3.00. The molecule has 158 valence electrons. The van der Waals surface area contributed by atoms with Crippen LogP contribution in [0.25, 0.3) is 0 Å². The van der Waals surface area contributed by atoms with Crippen LogP contribution in [0.15, 0.2) is 52.7 Å². The fourth-order valence-electron chi connectivity index (χ4n) is 4.41. The average molecular weight is 434 g/mol. The number of benzene rings is 2. The van der Waals surface area contributed by atoms with Gasteiger partial charge in [0.15, 0.2) is 5.82 Å². The van der Waals surface area contributed by atoms with Crippen LogP contribution in [0, 0.1) is 10.1 Å². The number of non-ortho nitro benzene ring substituents is 1. The lowest BCUT2D eigenvalue weighted by molar-refractivity contribution is -0.384. The third kappa shape index (κ3) is 3.76. The second kappa shape index (κ2) is 8.26. The van der Waals surface area contributed by atoms with Crippen LogP contribution in [-0.4, -0.2) is 31.3 Å². The van der Waals surface area contributed by atoms with Gasteiger partial charge in [-0.25, -0.2) is 0 Å². The van der Waals surface area contributed by atoms with Crippen molar-refractivity contribution < 1.29 is 4.92 Å². The second-order valence-corrected chi connectivity index (χ2v) is 8.93. The van der Waals surface area contributed by atoms with Crippen molar-refractivity contribution in [1.29, 1.82) is 0 Å². The van der Waals surface area contributed by atoms with Gasteiger partial charge in [-0.05, 0) is 66.5 Å². The van der Waals surface area contributed by atoms with Gasteiger partial charge in [-0.15, -0.1) is 10.2 Å². The Bertz CT molecular complexity index is 1170. The minimum Gasteiger partial charge on any atom is -0.258 e. The highest BCUT2D eigenvalue weighted by Crippen LogP contribution is 2.34. The fraction of sp³-hybridized carbons (Fsp3) is 0.348. The highest BCUT2D eigenvalue weighted by molar-refractivity contribution is 7.99. The summed E-state index contributed by atoms with van der Waals surface area (Å²) >= 11 is 1.59. The molecule has 0 saturated heterocycles. The summed E-state index contributed by atoms with van der Waals surface area (Å²) in [5.74, 6) is 1.62. The Morgan fingerprint density at radius 1 is 1.10 bits per heavy atom. The molecule has 0 radical (unpaired) electrons. The van der Waals surface area contributed by atoms with Gasteiger partial charge in [0.05, 0.1) is 10.6 Å². The molecule has 2 heterocycles. The van der Waals surface area contributed by atoms with Gasteiger partial charge >= 0.3 is 0 Å². The lowest BCUT2D eigenvalue weighted by Crippen LogP contribution is -2.16. The summed E-state index contributed by atoms with van der Waals surface area (Å²) in [4.78, 5) is 10.6. The summed E-state index contributed by atoms with van der Waals surface area (Å²) in [6.07, 6.45) is 5.76. The number of aromatic nitrogens is 3. The minimum atomic E-state index is -0.387. The van der Waals surface area contributed by atoms with Crippen molar-refractivity contribution in [3.8, 4) is 0 Å². The highest BCUT2D eigenvalue weighted by atomic mass is 32.2. The maximum absolute atomic E-state index is 10.9. The molecule has 0 fully saturated rings. The van der Waals surface area contributed by atoms with Crippen LogP contribution in [0.2, 0.25) is 0 Å². The van der Waals surface area contributed by atoms with Gasteiger partial charge in [0.25, 0.3) is 5.69 Å². The van der Waals surface area contributed by atoms with E-state index in [0.29, 0.717) is 5.75 Å². The smallest absolute Gasteiger partial charge is 0.258 e. The summed E-state index contributed by atoms with van der Waals surface area (Å²) in [6, 6.07) is 13.4. The summed E-state index contributed by atoms with van der Waals surface area (Å²) in [5.41, 5.74) is 6.03. The number of nitrogens with zero attached hydrogens (tertiary/aromatic N) is 5. The summed E-state index contributed by atoms with van der Waals surface area (Å²) < 4.78 is 1.86. The van der Waals surface area contributed by atoms with E-state index in [1.807, 2.05) is 4.68 Å². The molecule has 1 unspecified atom stereocenters. The number of fused-ring (bicyclic) bond motifs is 2. The van der Waals surface area contributed by atoms with E-state index in [4.69, 9.17) is 5.10 Å². The molecule has 2 aromatic carbocycles. The van der Waals surface area contributed by atoms with Gasteiger partial charge in [-0.2, -0.15) is 9.78 Å². The molecule has 1 aliphatic carbocycles. The first-order valence-corrected chi connectivity index (χ1v) is 11.6. The molecule has 0 saturated carbocycles.